The number of nitriles is 1. The van der Waals surface area contributed by atoms with E-state index < -0.39 is 4.92 Å². The molecular weight excluding hydrogens is 358 g/mol. The molecule has 2 heterocycles. The largest absolute Gasteiger partial charge is 0.274 e. The van der Waals surface area contributed by atoms with Gasteiger partial charge in [0.05, 0.1) is 17.0 Å². The molecule has 1 aliphatic rings. The van der Waals surface area contributed by atoms with Crippen LogP contribution in [0, 0.1) is 28.4 Å². The van der Waals surface area contributed by atoms with Gasteiger partial charge < -0.3 is 0 Å². The maximum Gasteiger partial charge on any atom is 0.271 e. The van der Waals surface area contributed by atoms with Gasteiger partial charge >= 0.3 is 0 Å². The van der Waals surface area contributed by atoms with Crippen LogP contribution in [0.4, 0.5) is 17.2 Å². The molecule has 0 bridgehead atoms. The van der Waals surface area contributed by atoms with Crippen LogP contribution >= 0.6 is 0 Å². The zero-order valence-electron chi connectivity index (χ0n) is 14.8. The average molecular weight is 371 g/mol. The van der Waals surface area contributed by atoms with E-state index in [4.69, 9.17) is 0 Å². The van der Waals surface area contributed by atoms with Crippen molar-refractivity contribution in [1.82, 2.24) is 9.97 Å². The second-order valence-electron chi connectivity index (χ2n) is 6.36. The Bertz CT molecular complexity index is 1170. The number of hydrogen-bond donors (Lipinski definition) is 0. The smallest absolute Gasteiger partial charge is 0.271 e. The van der Waals surface area contributed by atoms with E-state index in [1.165, 1.54) is 23.1 Å². The molecule has 3 aromatic rings. The Kier molecular flexibility index (Phi) is 4.05. The van der Waals surface area contributed by atoms with E-state index in [-0.39, 0.29) is 29.5 Å². The standard InChI is InChI=1S/C20H13N5O3/c1-12-5-7-13(8-6-12)19-22-17(11-21)16-10-18(26)24(20(16)23-19)14-3-2-4-15(9-14)25(27)28/h2-9H,10H2,1H3. The Labute approximate surface area is 159 Å². The van der Waals surface area contributed by atoms with Gasteiger partial charge in [0.15, 0.2) is 5.82 Å². The Hall–Kier alpha value is -4.12. The fourth-order valence-electron chi connectivity index (χ4n) is 3.10. The first-order valence-electron chi connectivity index (χ1n) is 8.43. The van der Waals surface area contributed by atoms with Crippen LogP contribution in [0.1, 0.15) is 16.8 Å². The second-order valence-corrected chi connectivity index (χ2v) is 6.36. The number of amides is 1. The third-order valence-electron chi connectivity index (χ3n) is 4.49. The van der Waals surface area contributed by atoms with Crippen molar-refractivity contribution in [2.45, 2.75) is 13.3 Å². The first-order valence-corrected chi connectivity index (χ1v) is 8.43. The third-order valence-corrected chi connectivity index (χ3v) is 4.49. The lowest BCUT2D eigenvalue weighted by atomic mass is 10.1. The van der Waals surface area contributed by atoms with Crippen LogP contribution in [-0.2, 0) is 11.2 Å². The van der Waals surface area contributed by atoms with Crippen LogP contribution in [0.2, 0.25) is 0 Å². The number of aromatic nitrogens is 2. The fraction of sp³-hybridized carbons (Fsp3) is 0.100. The summed E-state index contributed by atoms with van der Waals surface area (Å²) in [4.78, 5) is 33.4. The normalized spacial score (nSPS) is 12.6. The lowest BCUT2D eigenvalue weighted by Crippen LogP contribution is -2.21. The van der Waals surface area contributed by atoms with Gasteiger partial charge in [-0.1, -0.05) is 35.9 Å². The van der Waals surface area contributed by atoms with Crippen LogP contribution in [0.5, 0.6) is 0 Å². The van der Waals surface area contributed by atoms with E-state index in [9.17, 15) is 20.2 Å². The molecule has 4 rings (SSSR count). The van der Waals surface area contributed by atoms with Crippen molar-refractivity contribution in [3.05, 3.63) is 75.5 Å². The van der Waals surface area contributed by atoms with Crippen LogP contribution < -0.4 is 4.90 Å². The molecule has 0 N–H and O–H groups in total. The van der Waals surface area contributed by atoms with Gasteiger partial charge in [0.2, 0.25) is 5.91 Å². The highest BCUT2D eigenvalue weighted by molar-refractivity contribution is 6.07. The quantitative estimate of drug-likeness (QED) is 0.515. The highest BCUT2D eigenvalue weighted by atomic mass is 16.6. The number of nitrogens with zero attached hydrogens (tertiary/aromatic N) is 5. The van der Waals surface area contributed by atoms with Crippen molar-refractivity contribution in [3.63, 3.8) is 0 Å². The lowest BCUT2D eigenvalue weighted by molar-refractivity contribution is -0.384. The third kappa shape index (κ3) is 2.85. The van der Waals surface area contributed by atoms with Gasteiger partial charge in [0, 0.05) is 23.3 Å². The Morgan fingerprint density at radius 2 is 1.93 bits per heavy atom. The maximum atomic E-state index is 12.7. The lowest BCUT2D eigenvalue weighted by Gasteiger charge is -2.17. The Balaban J connectivity index is 1.89. The van der Waals surface area contributed by atoms with Crippen molar-refractivity contribution in [1.29, 1.82) is 5.26 Å². The van der Waals surface area contributed by atoms with Gasteiger partial charge in [-0.25, -0.2) is 9.97 Å². The zero-order chi connectivity index (χ0) is 19.8. The minimum atomic E-state index is -0.524. The van der Waals surface area contributed by atoms with Gasteiger partial charge in [0.1, 0.15) is 17.6 Å². The van der Waals surface area contributed by atoms with Crippen LogP contribution in [0.3, 0.4) is 0 Å². The number of fused-ring (bicyclic) bond motifs is 1. The molecule has 0 spiro atoms. The average Bonchev–Trinajstić information content (AvgIpc) is 3.03. The number of rotatable bonds is 3. The van der Waals surface area contributed by atoms with Crippen molar-refractivity contribution < 1.29 is 9.72 Å². The molecule has 8 nitrogen and oxygen atoms in total. The zero-order valence-corrected chi connectivity index (χ0v) is 14.8. The van der Waals surface area contributed by atoms with Crippen molar-refractivity contribution in [2.75, 3.05) is 4.90 Å². The molecule has 0 saturated heterocycles. The van der Waals surface area contributed by atoms with Crippen molar-refractivity contribution in [3.8, 4) is 17.5 Å². The van der Waals surface area contributed by atoms with E-state index >= 15 is 0 Å². The molecule has 0 saturated carbocycles. The van der Waals surface area contributed by atoms with E-state index in [0.29, 0.717) is 22.6 Å². The summed E-state index contributed by atoms with van der Waals surface area (Å²) < 4.78 is 0. The molecule has 1 aliphatic heterocycles. The number of hydrogen-bond acceptors (Lipinski definition) is 6. The number of carbonyl (C=O) groups excluding carboxylic acids is 1. The first-order chi connectivity index (χ1) is 13.5. The van der Waals surface area contributed by atoms with Crippen LogP contribution in [0.25, 0.3) is 11.4 Å². The monoisotopic (exact) mass is 371 g/mol. The van der Waals surface area contributed by atoms with Gasteiger partial charge in [-0.15, -0.1) is 0 Å². The van der Waals surface area contributed by atoms with Gasteiger partial charge in [-0.3, -0.25) is 19.8 Å². The molecule has 8 heteroatoms. The summed E-state index contributed by atoms with van der Waals surface area (Å²) in [6.07, 6.45) is -0.0326. The summed E-state index contributed by atoms with van der Waals surface area (Å²) >= 11 is 0. The first kappa shape index (κ1) is 17.3. The molecule has 0 fully saturated rings. The summed E-state index contributed by atoms with van der Waals surface area (Å²) in [5, 5.41) is 20.6. The van der Waals surface area contributed by atoms with Crippen molar-refractivity contribution >= 4 is 23.1 Å². The highest BCUT2D eigenvalue weighted by Gasteiger charge is 2.34. The number of nitro benzene ring substituents is 1. The fourth-order valence-corrected chi connectivity index (χ4v) is 3.10. The number of aryl methyl sites for hydroxylation is 1. The number of carbonyl (C=O) groups is 1. The Morgan fingerprint density at radius 3 is 2.61 bits per heavy atom. The molecule has 0 radical (unpaired) electrons. The predicted octanol–water partition coefficient (Wildman–Crippen LogP) is 3.45. The molecule has 1 amide bonds. The van der Waals surface area contributed by atoms with E-state index in [1.807, 2.05) is 37.3 Å². The molecule has 0 atom stereocenters. The molecule has 0 aliphatic carbocycles. The van der Waals surface area contributed by atoms with E-state index in [0.717, 1.165) is 5.56 Å². The topological polar surface area (TPSA) is 113 Å². The number of nitro groups is 1. The molecular formula is C20H13N5O3. The van der Waals surface area contributed by atoms with E-state index in [1.54, 1.807) is 6.07 Å². The molecule has 136 valence electrons. The SMILES string of the molecule is Cc1ccc(-c2nc(C#N)c3c(n2)N(c2cccc([N+](=O)[O-])c2)C(=O)C3)cc1. The minimum absolute atomic E-state index is 0.0326. The maximum absolute atomic E-state index is 12.7. The number of non-ortho nitro benzene ring substituents is 1. The summed E-state index contributed by atoms with van der Waals surface area (Å²) in [5.74, 6) is 0.287. The molecule has 28 heavy (non-hydrogen) atoms. The van der Waals surface area contributed by atoms with Gasteiger partial charge in [0.25, 0.3) is 5.69 Å². The van der Waals surface area contributed by atoms with Gasteiger partial charge in [-0.05, 0) is 13.0 Å². The minimum Gasteiger partial charge on any atom is -0.274 e. The second kappa shape index (κ2) is 6.55. The summed E-state index contributed by atoms with van der Waals surface area (Å²) in [6, 6.07) is 15.3. The van der Waals surface area contributed by atoms with Crippen LogP contribution in [-0.4, -0.2) is 20.8 Å². The van der Waals surface area contributed by atoms with E-state index in [2.05, 4.69) is 9.97 Å². The van der Waals surface area contributed by atoms with Crippen molar-refractivity contribution in [2.24, 2.45) is 0 Å². The Morgan fingerprint density at radius 1 is 1.18 bits per heavy atom. The summed E-state index contributed by atoms with van der Waals surface area (Å²) in [5.41, 5.74) is 2.53. The predicted molar refractivity (Wildman–Crippen MR) is 101 cm³/mol. The highest BCUT2D eigenvalue weighted by Crippen LogP contribution is 2.37. The van der Waals surface area contributed by atoms with Crippen LogP contribution in [0.15, 0.2) is 48.5 Å². The summed E-state index contributed by atoms with van der Waals surface area (Å²) in [6.45, 7) is 1.96. The molecule has 1 aromatic heterocycles. The summed E-state index contributed by atoms with van der Waals surface area (Å²) in [7, 11) is 0. The van der Waals surface area contributed by atoms with Gasteiger partial charge in [-0.2, -0.15) is 5.26 Å². The number of benzene rings is 2. The number of anilines is 2. The molecule has 2 aromatic carbocycles. The molecule has 0 unspecified atom stereocenters.